The molecule has 4 nitrogen and oxygen atoms in total. The molecule has 1 aromatic heterocycles. The molecule has 0 spiro atoms. The number of benzene rings is 2. The van der Waals surface area contributed by atoms with Crippen LogP contribution in [0.25, 0.3) is 11.3 Å². The zero-order valence-corrected chi connectivity index (χ0v) is 17.4. The lowest BCUT2D eigenvalue weighted by Gasteiger charge is -2.02. The number of phenols is 1. The molecule has 4 rings (SSSR count). The van der Waals surface area contributed by atoms with E-state index >= 15 is 0 Å². The second-order valence-electron chi connectivity index (χ2n) is 6.41. The maximum absolute atomic E-state index is 12.7. The molecule has 0 unspecified atom stereocenters. The van der Waals surface area contributed by atoms with Gasteiger partial charge in [-0.3, -0.25) is 4.79 Å². The maximum Gasteiger partial charge on any atom is 0.257 e. The molecule has 27 heavy (non-hydrogen) atoms. The van der Waals surface area contributed by atoms with Crippen molar-refractivity contribution >= 4 is 29.0 Å². The summed E-state index contributed by atoms with van der Waals surface area (Å²) < 4.78 is 4.28. The molecule has 2 aromatic carbocycles. The minimum Gasteiger partial charge on any atom is -1.00 e. The number of imidazole rings is 1. The molecule has 0 bridgehead atoms. The van der Waals surface area contributed by atoms with Crippen LogP contribution < -0.4 is 21.5 Å². The summed E-state index contributed by atoms with van der Waals surface area (Å²) in [5.74, 6) is 1.08. The predicted molar refractivity (Wildman–Crippen MR) is 101 cm³/mol. The number of rotatable bonds is 4. The molecular formula is C20H17BrCl2N2O2. The highest BCUT2D eigenvalue weighted by Crippen LogP contribution is 2.27. The van der Waals surface area contributed by atoms with Gasteiger partial charge in [-0.15, -0.1) is 0 Å². The first-order chi connectivity index (χ1) is 12.5. The zero-order chi connectivity index (χ0) is 18.3. The Labute approximate surface area is 177 Å². The van der Waals surface area contributed by atoms with Crippen molar-refractivity contribution in [3.8, 4) is 17.0 Å². The van der Waals surface area contributed by atoms with Crippen LogP contribution >= 0.6 is 23.2 Å². The fourth-order valence-corrected chi connectivity index (χ4v) is 3.73. The van der Waals surface area contributed by atoms with Crippen molar-refractivity contribution in [2.24, 2.45) is 0 Å². The number of carbonyl (C=O) groups is 1. The minimum atomic E-state index is -0.0418. The number of phenolic OH excluding ortho intramolecular Hbond substituents is 1. The molecule has 0 radical (unpaired) electrons. The molecule has 7 heteroatoms. The van der Waals surface area contributed by atoms with E-state index in [4.69, 9.17) is 23.2 Å². The van der Waals surface area contributed by atoms with Crippen LogP contribution in [0.4, 0.5) is 0 Å². The molecule has 0 atom stereocenters. The van der Waals surface area contributed by atoms with Gasteiger partial charge >= 0.3 is 0 Å². The van der Waals surface area contributed by atoms with Crippen LogP contribution in [0.1, 0.15) is 22.6 Å². The topological polar surface area (TPSA) is 46.1 Å². The molecule has 3 aromatic rings. The molecule has 1 aliphatic heterocycles. The number of fused-ring (bicyclic) bond motifs is 1. The first-order valence-electron chi connectivity index (χ1n) is 8.42. The van der Waals surface area contributed by atoms with Gasteiger partial charge in [0.1, 0.15) is 11.9 Å². The van der Waals surface area contributed by atoms with E-state index in [0.717, 1.165) is 36.5 Å². The number of aromatic hydroxyl groups is 1. The number of nitrogens with zero attached hydrogens (tertiary/aromatic N) is 2. The van der Waals surface area contributed by atoms with E-state index < -0.39 is 0 Å². The summed E-state index contributed by atoms with van der Waals surface area (Å²) in [5, 5.41) is 10.4. The van der Waals surface area contributed by atoms with Crippen molar-refractivity contribution in [3.05, 3.63) is 70.1 Å². The highest BCUT2D eigenvalue weighted by atomic mass is 79.9. The van der Waals surface area contributed by atoms with Gasteiger partial charge in [0.05, 0.1) is 18.0 Å². The third-order valence-corrected chi connectivity index (χ3v) is 5.27. The van der Waals surface area contributed by atoms with E-state index in [1.165, 1.54) is 12.1 Å². The fourth-order valence-electron chi connectivity index (χ4n) is 3.42. The first kappa shape index (κ1) is 19.9. The van der Waals surface area contributed by atoms with Crippen molar-refractivity contribution in [2.75, 3.05) is 0 Å². The Hall–Kier alpha value is -1.82. The molecule has 2 heterocycles. The van der Waals surface area contributed by atoms with E-state index in [-0.39, 0.29) is 40.1 Å². The van der Waals surface area contributed by atoms with Gasteiger partial charge in [-0.1, -0.05) is 23.2 Å². The van der Waals surface area contributed by atoms with Gasteiger partial charge < -0.3 is 22.1 Å². The van der Waals surface area contributed by atoms with Crippen LogP contribution in [0.2, 0.25) is 10.0 Å². The maximum atomic E-state index is 12.7. The average Bonchev–Trinajstić information content (AvgIpc) is 3.22. The molecule has 0 fully saturated rings. The molecular weight excluding hydrogens is 451 g/mol. The van der Waals surface area contributed by atoms with Crippen molar-refractivity contribution in [1.82, 2.24) is 4.57 Å². The van der Waals surface area contributed by atoms with Crippen molar-refractivity contribution in [2.45, 2.75) is 25.9 Å². The number of hydrogen-bond donors (Lipinski definition) is 1. The highest BCUT2D eigenvalue weighted by Gasteiger charge is 2.29. The lowest BCUT2D eigenvalue weighted by atomic mass is 10.1. The van der Waals surface area contributed by atoms with E-state index in [2.05, 4.69) is 4.57 Å². The SMILES string of the molecule is O=C(C[n+]1cc(-c2ccc(Cl)cc2)n2c1CCC2)c1ccc(O)c(Cl)c1.[Br-]. The van der Waals surface area contributed by atoms with Crippen molar-refractivity contribution in [1.29, 1.82) is 0 Å². The Morgan fingerprint density at radius 2 is 1.89 bits per heavy atom. The Balaban J connectivity index is 0.00000210. The Bertz CT molecular complexity index is 1000. The number of halogens is 3. The number of hydrogen-bond acceptors (Lipinski definition) is 2. The summed E-state index contributed by atoms with van der Waals surface area (Å²) in [4.78, 5) is 12.7. The van der Waals surface area contributed by atoms with Crippen LogP contribution in [0.15, 0.2) is 48.7 Å². The summed E-state index contributed by atoms with van der Waals surface area (Å²) >= 11 is 11.9. The van der Waals surface area contributed by atoms with E-state index in [9.17, 15) is 9.90 Å². The van der Waals surface area contributed by atoms with E-state index in [1.807, 2.05) is 35.0 Å². The zero-order valence-electron chi connectivity index (χ0n) is 14.3. The number of aromatic nitrogens is 2. The van der Waals surface area contributed by atoms with E-state index in [0.29, 0.717) is 10.6 Å². The number of carbonyl (C=O) groups excluding carboxylic acids is 1. The molecule has 0 saturated heterocycles. The normalized spacial score (nSPS) is 12.5. The summed E-state index contributed by atoms with van der Waals surface area (Å²) in [6, 6.07) is 12.3. The van der Waals surface area contributed by atoms with Crippen LogP contribution in [0, 0.1) is 0 Å². The van der Waals surface area contributed by atoms with Gasteiger partial charge in [0.15, 0.2) is 12.2 Å². The Morgan fingerprint density at radius 3 is 2.59 bits per heavy atom. The second-order valence-corrected chi connectivity index (χ2v) is 7.25. The van der Waals surface area contributed by atoms with Crippen LogP contribution in [-0.4, -0.2) is 15.5 Å². The molecule has 0 saturated carbocycles. The monoisotopic (exact) mass is 466 g/mol. The second kappa shape index (κ2) is 8.05. The molecule has 140 valence electrons. The average molecular weight is 468 g/mol. The van der Waals surface area contributed by atoms with Gasteiger partial charge in [-0.2, -0.15) is 0 Å². The third kappa shape index (κ3) is 3.91. The third-order valence-electron chi connectivity index (χ3n) is 4.72. The molecule has 1 N–H and O–H groups in total. The van der Waals surface area contributed by atoms with E-state index in [1.54, 1.807) is 6.07 Å². The van der Waals surface area contributed by atoms with Gasteiger partial charge in [0.25, 0.3) is 5.82 Å². The van der Waals surface area contributed by atoms with Gasteiger partial charge in [0, 0.05) is 16.1 Å². The highest BCUT2D eigenvalue weighted by molar-refractivity contribution is 6.32. The summed E-state index contributed by atoms with van der Waals surface area (Å²) in [5.41, 5.74) is 2.66. The molecule has 1 aliphatic rings. The van der Waals surface area contributed by atoms with Crippen molar-refractivity contribution in [3.63, 3.8) is 0 Å². The lowest BCUT2D eigenvalue weighted by molar-refractivity contribution is -0.689. The first-order valence-corrected chi connectivity index (χ1v) is 9.18. The largest absolute Gasteiger partial charge is 1.00 e. The predicted octanol–water partition coefficient (Wildman–Crippen LogP) is 1.29. The number of ketones is 1. The Kier molecular flexibility index (Phi) is 5.94. The summed E-state index contributed by atoms with van der Waals surface area (Å²) in [6.45, 7) is 1.18. The van der Waals surface area contributed by atoms with Gasteiger partial charge in [0.2, 0.25) is 5.78 Å². The van der Waals surface area contributed by atoms with Crippen LogP contribution in [0.3, 0.4) is 0 Å². The van der Waals surface area contributed by atoms with Crippen LogP contribution in [0.5, 0.6) is 5.75 Å². The molecule has 0 aliphatic carbocycles. The lowest BCUT2D eigenvalue weighted by Crippen LogP contribution is -3.00. The molecule has 0 amide bonds. The summed E-state index contributed by atoms with van der Waals surface area (Å²) in [7, 11) is 0. The minimum absolute atomic E-state index is 0. The van der Waals surface area contributed by atoms with Crippen LogP contribution in [-0.2, 0) is 19.5 Å². The standard InChI is InChI=1S/C20H16Cl2N2O2.BrH/c21-15-6-3-13(4-7-15)17-11-23(20-2-1-9-24(17)20)12-19(26)14-5-8-18(25)16(22)10-14;/h3-8,10-11H,1-2,9,12H2;1H. The quantitative estimate of drug-likeness (QED) is 0.464. The van der Waals surface area contributed by atoms with Gasteiger partial charge in [-0.05, 0) is 48.9 Å². The number of Topliss-reactive ketones (excluding diaryl/α,β-unsaturated/α-hetero) is 1. The van der Waals surface area contributed by atoms with Crippen molar-refractivity contribution < 1.29 is 31.4 Å². The smallest absolute Gasteiger partial charge is 0.257 e. The fraction of sp³-hybridized carbons (Fsp3) is 0.200. The Morgan fingerprint density at radius 1 is 1.15 bits per heavy atom. The summed E-state index contributed by atoms with van der Waals surface area (Å²) in [6.07, 6.45) is 4.03. The van der Waals surface area contributed by atoms with Gasteiger partial charge in [-0.25, -0.2) is 9.13 Å².